The van der Waals surface area contributed by atoms with Crippen molar-refractivity contribution in [1.82, 2.24) is 20.3 Å². The highest BCUT2D eigenvalue weighted by Crippen LogP contribution is 2.15. The van der Waals surface area contributed by atoms with Gasteiger partial charge < -0.3 is 5.32 Å². The zero-order valence-corrected chi connectivity index (χ0v) is 14.3. The fourth-order valence-electron chi connectivity index (χ4n) is 2.83. The summed E-state index contributed by atoms with van der Waals surface area (Å²) in [5.41, 5.74) is 3.47. The minimum atomic E-state index is -0.155. The van der Waals surface area contributed by atoms with E-state index in [9.17, 15) is 4.79 Å². The molecule has 0 aliphatic rings. The predicted molar refractivity (Wildman–Crippen MR) is 96.8 cm³/mol. The number of aryl methyl sites for hydroxylation is 2. The molecule has 3 rings (SSSR count). The number of amides is 1. The fraction of sp³-hybridized carbons (Fsp3) is 0.250. The number of aromatic nitrogens is 3. The van der Waals surface area contributed by atoms with Crippen LogP contribution in [0.5, 0.6) is 0 Å². The van der Waals surface area contributed by atoms with Crippen molar-refractivity contribution in [2.75, 3.05) is 0 Å². The number of carbonyl (C=O) groups is 1. The second kappa shape index (κ2) is 8.24. The van der Waals surface area contributed by atoms with E-state index < -0.39 is 0 Å². The number of nitrogens with zero attached hydrogens (tertiary/aromatic N) is 3. The van der Waals surface area contributed by atoms with Gasteiger partial charge in [-0.15, -0.1) is 0 Å². The summed E-state index contributed by atoms with van der Waals surface area (Å²) < 4.78 is 0. The van der Waals surface area contributed by atoms with E-state index in [1.165, 1.54) is 11.1 Å². The quantitative estimate of drug-likeness (QED) is 0.722. The lowest BCUT2D eigenvalue weighted by Crippen LogP contribution is -2.32. The number of hydrogen-bond donors (Lipinski definition) is 1. The van der Waals surface area contributed by atoms with Gasteiger partial charge in [-0.25, -0.2) is 0 Å². The predicted octanol–water partition coefficient (Wildman–Crippen LogP) is 3.08. The van der Waals surface area contributed by atoms with E-state index >= 15 is 0 Å². The summed E-state index contributed by atoms with van der Waals surface area (Å²) in [6.07, 6.45) is 4.48. The Morgan fingerprint density at radius 2 is 1.72 bits per heavy atom. The van der Waals surface area contributed by atoms with E-state index in [2.05, 4.69) is 34.6 Å². The van der Waals surface area contributed by atoms with E-state index in [1.807, 2.05) is 42.5 Å². The lowest BCUT2D eigenvalue weighted by molar-refractivity contribution is -0.121. The van der Waals surface area contributed by atoms with Crippen LogP contribution in [-0.4, -0.2) is 20.9 Å². The molecule has 0 spiro atoms. The summed E-state index contributed by atoms with van der Waals surface area (Å²) in [6, 6.07) is 17.9. The molecule has 5 nitrogen and oxygen atoms in total. The van der Waals surface area contributed by atoms with Crippen LogP contribution in [0.2, 0.25) is 0 Å². The molecule has 0 aliphatic carbocycles. The molecule has 1 heterocycles. The molecule has 0 unspecified atom stereocenters. The molecule has 1 N–H and O–H groups in total. The third-order valence-electron chi connectivity index (χ3n) is 4.23. The maximum Gasteiger partial charge on any atom is 0.220 e. The normalized spacial score (nSPS) is 11.9. The largest absolute Gasteiger partial charge is 0.347 e. The van der Waals surface area contributed by atoms with Gasteiger partial charge in [-0.2, -0.15) is 15.0 Å². The maximum atomic E-state index is 12.5. The van der Waals surface area contributed by atoms with Gasteiger partial charge in [-0.1, -0.05) is 54.6 Å². The third-order valence-corrected chi connectivity index (χ3v) is 4.23. The van der Waals surface area contributed by atoms with Crippen molar-refractivity contribution in [2.45, 2.75) is 32.4 Å². The number of carbonyl (C=O) groups excluding carboxylic acids is 1. The molecule has 128 valence electrons. The number of nitrogens with one attached hydrogen (secondary N) is 1. The van der Waals surface area contributed by atoms with Crippen LogP contribution in [0.3, 0.4) is 0 Å². The minimum absolute atomic E-state index is 0.0317. The Morgan fingerprint density at radius 3 is 2.44 bits per heavy atom. The third kappa shape index (κ3) is 4.76. The monoisotopic (exact) mass is 334 g/mol. The molecule has 1 atom stereocenters. The average molecular weight is 334 g/mol. The van der Waals surface area contributed by atoms with Crippen molar-refractivity contribution < 1.29 is 4.79 Å². The Labute approximate surface area is 147 Å². The zero-order valence-electron chi connectivity index (χ0n) is 14.3. The maximum absolute atomic E-state index is 12.5. The molecule has 0 saturated carbocycles. The molecular formula is C20H22N4O. The van der Waals surface area contributed by atoms with Crippen molar-refractivity contribution in [1.29, 1.82) is 0 Å². The van der Waals surface area contributed by atoms with Crippen LogP contribution >= 0.6 is 0 Å². The molecule has 0 radical (unpaired) electrons. The molecule has 0 aliphatic heterocycles. The Kier molecular flexibility index (Phi) is 5.57. The second-order valence-electron chi connectivity index (χ2n) is 6.04. The van der Waals surface area contributed by atoms with Gasteiger partial charge in [0.1, 0.15) is 0 Å². The van der Waals surface area contributed by atoms with Gasteiger partial charge in [0.2, 0.25) is 5.91 Å². The first-order valence-corrected chi connectivity index (χ1v) is 8.45. The molecule has 1 aromatic heterocycles. The number of hydrogen-bond acceptors (Lipinski definition) is 3. The molecule has 0 fully saturated rings. The van der Waals surface area contributed by atoms with Gasteiger partial charge in [0.15, 0.2) is 0 Å². The summed E-state index contributed by atoms with van der Waals surface area (Å²) in [6.45, 7) is 2.58. The minimum Gasteiger partial charge on any atom is -0.347 e. The lowest BCUT2D eigenvalue weighted by atomic mass is 10.0. The van der Waals surface area contributed by atoms with Crippen LogP contribution < -0.4 is 5.32 Å². The highest BCUT2D eigenvalue weighted by molar-refractivity contribution is 5.76. The molecule has 3 aromatic rings. The van der Waals surface area contributed by atoms with Gasteiger partial charge in [0, 0.05) is 6.42 Å². The SMILES string of the molecule is Cc1ccccc1CCC(=O)N[C@H](Cn1nccn1)c1ccccc1. The first kappa shape index (κ1) is 16.9. The topological polar surface area (TPSA) is 59.8 Å². The van der Waals surface area contributed by atoms with E-state index in [1.54, 1.807) is 17.2 Å². The Balaban J connectivity index is 1.65. The van der Waals surface area contributed by atoms with Crippen LogP contribution in [0.25, 0.3) is 0 Å². The number of benzene rings is 2. The smallest absolute Gasteiger partial charge is 0.220 e. The van der Waals surface area contributed by atoms with Crippen molar-refractivity contribution in [3.8, 4) is 0 Å². The first-order valence-electron chi connectivity index (χ1n) is 8.45. The van der Waals surface area contributed by atoms with Crippen LogP contribution in [0.4, 0.5) is 0 Å². The summed E-state index contributed by atoms with van der Waals surface area (Å²) >= 11 is 0. The summed E-state index contributed by atoms with van der Waals surface area (Å²) in [4.78, 5) is 14.1. The van der Waals surface area contributed by atoms with Crippen molar-refractivity contribution in [3.05, 3.63) is 83.7 Å². The van der Waals surface area contributed by atoms with Crippen LogP contribution in [0.15, 0.2) is 67.0 Å². The fourth-order valence-corrected chi connectivity index (χ4v) is 2.83. The molecule has 5 heteroatoms. The van der Waals surface area contributed by atoms with Gasteiger partial charge >= 0.3 is 0 Å². The number of rotatable bonds is 7. The van der Waals surface area contributed by atoms with E-state index in [-0.39, 0.29) is 11.9 Å². The molecular weight excluding hydrogens is 312 g/mol. The average Bonchev–Trinajstić information content (AvgIpc) is 3.14. The van der Waals surface area contributed by atoms with Crippen molar-refractivity contribution >= 4 is 5.91 Å². The molecule has 25 heavy (non-hydrogen) atoms. The van der Waals surface area contributed by atoms with Crippen molar-refractivity contribution in [2.24, 2.45) is 0 Å². The molecule has 0 saturated heterocycles. The standard InChI is InChI=1S/C20H22N4O/c1-16-7-5-6-8-17(16)11-12-20(25)23-19(15-24-21-13-14-22-24)18-9-3-2-4-10-18/h2-10,13-14,19H,11-12,15H2,1H3,(H,23,25)/t19-/m1/s1. The van der Waals surface area contributed by atoms with E-state index in [0.717, 1.165) is 12.0 Å². The highest BCUT2D eigenvalue weighted by atomic mass is 16.1. The van der Waals surface area contributed by atoms with E-state index in [4.69, 9.17) is 0 Å². The Bertz CT molecular complexity index is 800. The van der Waals surface area contributed by atoms with Crippen molar-refractivity contribution in [3.63, 3.8) is 0 Å². The van der Waals surface area contributed by atoms with E-state index in [0.29, 0.717) is 13.0 Å². The van der Waals surface area contributed by atoms with Gasteiger partial charge in [0.25, 0.3) is 0 Å². The molecule has 1 amide bonds. The summed E-state index contributed by atoms with van der Waals surface area (Å²) in [5.74, 6) is 0.0317. The summed E-state index contributed by atoms with van der Waals surface area (Å²) in [7, 11) is 0. The molecule has 0 bridgehead atoms. The van der Waals surface area contributed by atoms with Crippen LogP contribution in [0, 0.1) is 6.92 Å². The zero-order chi connectivity index (χ0) is 17.5. The lowest BCUT2D eigenvalue weighted by Gasteiger charge is -2.19. The van der Waals surface area contributed by atoms with Gasteiger partial charge in [-0.3, -0.25) is 4.79 Å². The van der Waals surface area contributed by atoms with Gasteiger partial charge in [0.05, 0.1) is 25.0 Å². The Hall–Kier alpha value is -2.95. The van der Waals surface area contributed by atoms with Crippen LogP contribution in [-0.2, 0) is 17.8 Å². The summed E-state index contributed by atoms with van der Waals surface area (Å²) in [5, 5.41) is 11.4. The van der Waals surface area contributed by atoms with Gasteiger partial charge in [-0.05, 0) is 30.0 Å². The highest BCUT2D eigenvalue weighted by Gasteiger charge is 2.16. The first-order chi connectivity index (χ1) is 12.2. The molecule has 2 aromatic carbocycles. The Morgan fingerprint density at radius 1 is 1.04 bits per heavy atom. The van der Waals surface area contributed by atoms with Crippen LogP contribution in [0.1, 0.15) is 29.2 Å². The second-order valence-corrected chi connectivity index (χ2v) is 6.04.